The zero-order valence-corrected chi connectivity index (χ0v) is 13.6. The van der Waals surface area contributed by atoms with Gasteiger partial charge in [-0.15, -0.1) is 0 Å². The molecule has 0 spiro atoms. The molecule has 0 N–H and O–H groups in total. The minimum Gasteiger partial charge on any atom is -0.469 e. The highest BCUT2D eigenvalue weighted by Gasteiger charge is 2.49. The molecule has 0 radical (unpaired) electrons. The predicted octanol–water partition coefficient (Wildman–Crippen LogP) is 2.25. The molecule has 1 fully saturated rings. The molecule has 0 aromatic heterocycles. The first-order valence-electron chi connectivity index (χ1n) is 7.78. The van der Waals surface area contributed by atoms with Crippen LogP contribution < -0.4 is 0 Å². The summed E-state index contributed by atoms with van der Waals surface area (Å²) in [5.41, 5.74) is 0.916. The van der Waals surface area contributed by atoms with Gasteiger partial charge in [-0.3, -0.25) is 14.4 Å². The van der Waals surface area contributed by atoms with E-state index in [1.807, 2.05) is 24.3 Å². The van der Waals surface area contributed by atoms with Crippen molar-refractivity contribution in [2.75, 3.05) is 14.2 Å². The second-order valence-electron chi connectivity index (χ2n) is 5.92. The fourth-order valence-electron chi connectivity index (χ4n) is 3.12. The van der Waals surface area contributed by atoms with Crippen LogP contribution in [-0.4, -0.2) is 31.9 Å². The molecular weight excluding hydrogens is 296 g/mol. The second-order valence-corrected chi connectivity index (χ2v) is 5.92. The third-order valence-electron chi connectivity index (χ3n) is 4.49. The number of rotatable bonds is 6. The Labute approximate surface area is 136 Å². The van der Waals surface area contributed by atoms with Crippen LogP contribution >= 0.6 is 0 Å². The van der Waals surface area contributed by atoms with Gasteiger partial charge in [0, 0.05) is 12.8 Å². The molecule has 0 saturated heterocycles. The lowest BCUT2D eigenvalue weighted by Gasteiger charge is -2.24. The molecule has 1 aromatic rings. The first-order chi connectivity index (χ1) is 11.0. The van der Waals surface area contributed by atoms with Crippen molar-refractivity contribution in [1.29, 1.82) is 0 Å². The Morgan fingerprint density at radius 1 is 1.09 bits per heavy atom. The molecule has 1 atom stereocenters. The number of ether oxygens (including phenoxy) is 2. The molecule has 2 rings (SSSR count). The highest BCUT2D eigenvalue weighted by atomic mass is 16.5. The summed E-state index contributed by atoms with van der Waals surface area (Å²) in [6.45, 7) is 0. The van der Waals surface area contributed by atoms with E-state index in [0.717, 1.165) is 17.5 Å². The van der Waals surface area contributed by atoms with Gasteiger partial charge in [-0.2, -0.15) is 0 Å². The topological polar surface area (TPSA) is 69.7 Å². The van der Waals surface area contributed by atoms with Crippen molar-refractivity contribution in [3.05, 3.63) is 35.4 Å². The van der Waals surface area contributed by atoms with Crippen molar-refractivity contribution in [3.8, 4) is 0 Å². The lowest BCUT2D eigenvalue weighted by molar-refractivity contribution is -0.156. The molecule has 1 aliphatic rings. The van der Waals surface area contributed by atoms with Crippen molar-refractivity contribution in [2.45, 2.75) is 38.5 Å². The Morgan fingerprint density at radius 2 is 1.74 bits per heavy atom. The number of carbonyl (C=O) groups excluding carboxylic acids is 3. The number of aryl methyl sites for hydroxylation is 1. The van der Waals surface area contributed by atoms with Crippen LogP contribution in [0.3, 0.4) is 0 Å². The number of benzene rings is 1. The lowest BCUT2D eigenvalue weighted by atomic mass is 9.79. The normalized spacial score (nSPS) is 20.3. The minimum atomic E-state index is -1.03. The molecule has 1 unspecified atom stereocenters. The van der Waals surface area contributed by atoms with Gasteiger partial charge in [0.05, 0.1) is 14.2 Å². The zero-order valence-electron chi connectivity index (χ0n) is 13.6. The average Bonchev–Trinajstić information content (AvgIpc) is 2.94. The van der Waals surface area contributed by atoms with Gasteiger partial charge in [0.2, 0.25) is 0 Å². The summed E-state index contributed by atoms with van der Waals surface area (Å²) in [5, 5.41) is 0. The smallest absolute Gasteiger partial charge is 0.319 e. The second kappa shape index (κ2) is 7.40. The Hall–Kier alpha value is -2.17. The highest BCUT2D eigenvalue weighted by Crippen LogP contribution is 2.39. The first-order valence-corrected chi connectivity index (χ1v) is 7.78. The van der Waals surface area contributed by atoms with Crippen molar-refractivity contribution in [1.82, 2.24) is 0 Å². The number of hydrogen-bond acceptors (Lipinski definition) is 5. The molecule has 5 heteroatoms. The van der Waals surface area contributed by atoms with Crippen molar-refractivity contribution in [2.24, 2.45) is 5.41 Å². The van der Waals surface area contributed by atoms with E-state index in [-0.39, 0.29) is 11.8 Å². The van der Waals surface area contributed by atoms with Gasteiger partial charge >= 0.3 is 11.9 Å². The van der Waals surface area contributed by atoms with Gasteiger partial charge in [-0.05, 0) is 36.8 Å². The lowest BCUT2D eigenvalue weighted by Crippen LogP contribution is -2.38. The maximum atomic E-state index is 12.2. The fraction of sp³-hybridized carbons (Fsp3) is 0.500. The van der Waals surface area contributed by atoms with E-state index in [1.165, 1.54) is 14.2 Å². The van der Waals surface area contributed by atoms with Gasteiger partial charge in [0.15, 0.2) is 5.78 Å². The summed E-state index contributed by atoms with van der Waals surface area (Å²) in [5.74, 6) is -0.704. The van der Waals surface area contributed by atoms with Crippen molar-refractivity contribution < 1.29 is 23.9 Å². The first kappa shape index (κ1) is 17.2. The maximum Gasteiger partial charge on any atom is 0.319 e. The van der Waals surface area contributed by atoms with Crippen LogP contribution in [-0.2, 0) is 36.7 Å². The number of methoxy groups -OCH3 is 2. The fourth-order valence-corrected chi connectivity index (χ4v) is 3.12. The molecule has 0 bridgehead atoms. The number of carbonyl (C=O) groups is 3. The monoisotopic (exact) mass is 318 g/mol. The van der Waals surface area contributed by atoms with E-state index in [2.05, 4.69) is 4.74 Å². The van der Waals surface area contributed by atoms with Crippen molar-refractivity contribution >= 4 is 17.7 Å². The van der Waals surface area contributed by atoms with Crippen LogP contribution in [0.2, 0.25) is 0 Å². The van der Waals surface area contributed by atoms with Gasteiger partial charge < -0.3 is 9.47 Å². The number of esters is 2. The molecule has 124 valence electrons. The summed E-state index contributed by atoms with van der Waals surface area (Å²) >= 11 is 0. The average molecular weight is 318 g/mol. The van der Waals surface area contributed by atoms with E-state index in [9.17, 15) is 14.4 Å². The van der Waals surface area contributed by atoms with Crippen LogP contribution in [0.5, 0.6) is 0 Å². The predicted molar refractivity (Wildman–Crippen MR) is 83.8 cm³/mol. The largest absolute Gasteiger partial charge is 0.469 e. The molecule has 0 amide bonds. The van der Waals surface area contributed by atoms with E-state index < -0.39 is 11.4 Å². The van der Waals surface area contributed by atoms with E-state index in [4.69, 9.17) is 4.74 Å². The van der Waals surface area contributed by atoms with Crippen LogP contribution in [0.4, 0.5) is 0 Å². The molecular formula is C18H22O5. The summed E-state index contributed by atoms with van der Waals surface area (Å²) in [7, 11) is 2.70. The molecule has 0 heterocycles. The van der Waals surface area contributed by atoms with Crippen molar-refractivity contribution in [3.63, 3.8) is 0 Å². The minimum absolute atomic E-state index is 0.0286. The highest BCUT2D eigenvalue weighted by molar-refractivity contribution is 6.05. The number of ketones is 1. The van der Waals surface area contributed by atoms with E-state index in [0.29, 0.717) is 32.1 Å². The number of Topliss-reactive ketones (excluding diaryl/α,β-unsaturated/α-hetero) is 1. The SMILES string of the molecule is COC(=O)CCc1ccc(CC2(C(=O)OC)CCCC2=O)cc1. The van der Waals surface area contributed by atoms with Gasteiger partial charge in [-0.25, -0.2) is 0 Å². The van der Waals surface area contributed by atoms with E-state index in [1.54, 1.807) is 0 Å². The van der Waals surface area contributed by atoms with Crippen LogP contribution in [0, 0.1) is 5.41 Å². The third kappa shape index (κ3) is 3.78. The van der Waals surface area contributed by atoms with Crippen LogP contribution in [0.1, 0.15) is 36.8 Å². The maximum absolute atomic E-state index is 12.2. The van der Waals surface area contributed by atoms with Crippen LogP contribution in [0.15, 0.2) is 24.3 Å². The Morgan fingerprint density at radius 3 is 2.26 bits per heavy atom. The molecule has 1 aliphatic carbocycles. The van der Waals surface area contributed by atoms with Gasteiger partial charge in [-0.1, -0.05) is 24.3 Å². The molecule has 1 saturated carbocycles. The zero-order chi connectivity index (χ0) is 16.9. The molecule has 1 aromatic carbocycles. The summed E-state index contributed by atoms with van der Waals surface area (Å²) < 4.78 is 9.49. The summed E-state index contributed by atoms with van der Waals surface area (Å²) in [4.78, 5) is 35.5. The standard InChI is InChI=1S/C18H22O5/c1-22-16(20)10-9-13-5-7-14(8-6-13)12-18(17(21)23-2)11-3-4-15(18)19/h5-8H,3-4,9-12H2,1-2H3. The van der Waals surface area contributed by atoms with E-state index >= 15 is 0 Å². The van der Waals surface area contributed by atoms with Gasteiger partial charge in [0.1, 0.15) is 5.41 Å². The third-order valence-corrected chi connectivity index (χ3v) is 4.49. The molecule has 5 nitrogen and oxygen atoms in total. The number of hydrogen-bond donors (Lipinski definition) is 0. The Balaban J connectivity index is 2.08. The molecule has 0 aliphatic heterocycles. The Kier molecular flexibility index (Phi) is 5.53. The molecule has 23 heavy (non-hydrogen) atoms. The van der Waals surface area contributed by atoms with Gasteiger partial charge in [0.25, 0.3) is 0 Å². The quantitative estimate of drug-likeness (QED) is 0.594. The van der Waals surface area contributed by atoms with Crippen LogP contribution in [0.25, 0.3) is 0 Å². The summed E-state index contributed by atoms with van der Waals surface area (Å²) in [6, 6.07) is 7.65. The summed E-state index contributed by atoms with van der Waals surface area (Å²) in [6.07, 6.45) is 3.02. The Bertz CT molecular complexity index is 590.